The van der Waals surface area contributed by atoms with Gasteiger partial charge in [-0.2, -0.15) is 5.10 Å². The summed E-state index contributed by atoms with van der Waals surface area (Å²) in [5.74, 6) is 6.35. The summed E-state index contributed by atoms with van der Waals surface area (Å²) in [7, 11) is 1.91. The highest BCUT2D eigenvalue weighted by atomic mass is 16.5. The molecule has 0 aliphatic heterocycles. The maximum absolute atomic E-state index is 8.70. The SMILES string of the molecule is Cc1cc(COc2ccc(C#CCO)c(C)c2)n(C)n1. The number of aryl methyl sites for hydroxylation is 3. The number of hydrogen-bond acceptors (Lipinski definition) is 3. The minimum atomic E-state index is -0.127. The van der Waals surface area contributed by atoms with Gasteiger partial charge in [-0.1, -0.05) is 11.8 Å². The predicted molar refractivity (Wildman–Crippen MR) is 77.4 cm³/mol. The summed E-state index contributed by atoms with van der Waals surface area (Å²) in [5, 5.41) is 13.0. The molecule has 0 saturated carbocycles. The Labute approximate surface area is 119 Å². The van der Waals surface area contributed by atoms with Crippen LogP contribution < -0.4 is 4.74 Å². The number of aromatic nitrogens is 2. The number of nitrogens with zero attached hydrogens (tertiary/aromatic N) is 2. The molecule has 4 nitrogen and oxygen atoms in total. The van der Waals surface area contributed by atoms with Gasteiger partial charge in [0, 0.05) is 12.6 Å². The maximum atomic E-state index is 8.70. The lowest BCUT2D eigenvalue weighted by atomic mass is 10.1. The topological polar surface area (TPSA) is 47.3 Å². The second-order valence-electron chi connectivity index (χ2n) is 4.63. The molecule has 2 aromatic rings. The Hall–Kier alpha value is -2.25. The van der Waals surface area contributed by atoms with E-state index in [4.69, 9.17) is 9.84 Å². The zero-order valence-corrected chi connectivity index (χ0v) is 12.0. The monoisotopic (exact) mass is 270 g/mol. The summed E-state index contributed by atoms with van der Waals surface area (Å²) in [6.07, 6.45) is 0. The van der Waals surface area contributed by atoms with Crippen LogP contribution in [-0.4, -0.2) is 21.5 Å². The molecule has 0 radical (unpaired) electrons. The third-order valence-corrected chi connectivity index (χ3v) is 2.99. The van der Waals surface area contributed by atoms with E-state index in [1.807, 2.05) is 49.8 Å². The van der Waals surface area contributed by atoms with Gasteiger partial charge in [-0.15, -0.1) is 0 Å². The van der Waals surface area contributed by atoms with Crippen molar-refractivity contribution < 1.29 is 9.84 Å². The van der Waals surface area contributed by atoms with Crippen molar-refractivity contribution in [3.05, 3.63) is 46.8 Å². The van der Waals surface area contributed by atoms with Crippen LogP contribution in [0.15, 0.2) is 24.3 Å². The lowest BCUT2D eigenvalue weighted by Crippen LogP contribution is -2.03. The van der Waals surface area contributed by atoms with Crippen LogP contribution in [0.25, 0.3) is 0 Å². The van der Waals surface area contributed by atoms with Gasteiger partial charge in [0.15, 0.2) is 0 Å². The molecule has 0 bridgehead atoms. The molecule has 0 amide bonds. The largest absolute Gasteiger partial charge is 0.487 e. The Balaban J connectivity index is 2.07. The molecule has 1 aromatic heterocycles. The van der Waals surface area contributed by atoms with Crippen molar-refractivity contribution in [3.63, 3.8) is 0 Å². The standard InChI is InChI=1S/C16H18N2O2/c1-12-9-16(7-6-14(12)5-4-8-19)20-11-15-10-13(2)17-18(15)3/h6-7,9-10,19H,8,11H2,1-3H3. The molecule has 0 spiro atoms. The Bertz CT molecular complexity index is 663. The van der Waals surface area contributed by atoms with Gasteiger partial charge in [0.25, 0.3) is 0 Å². The second kappa shape index (κ2) is 6.27. The van der Waals surface area contributed by atoms with Crippen LogP contribution in [0.5, 0.6) is 5.75 Å². The average molecular weight is 270 g/mol. The summed E-state index contributed by atoms with van der Waals surface area (Å²) in [6.45, 7) is 4.29. The van der Waals surface area contributed by atoms with Gasteiger partial charge in [-0.25, -0.2) is 0 Å². The quantitative estimate of drug-likeness (QED) is 0.867. The molecule has 2 rings (SSSR count). The average Bonchev–Trinajstić information content (AvgIpc) is 2.73. The molecule has 0 aliphatic carbocycles. The van der Waals surface area contributed by atoms with E-state index in [1.165, 1.54) is 0 Å². The van der Waals surface area contributed by atoms with Gasteiger partial charge in [0.1, 0.15) is 19.0 Å². The van der Waals surface area contributed by atoms with Gasteiger partial charge in [-0.3, -0.25) is 4.68 Å². The van der Waals surface area contributed by atoms with Crippen molar-refractivity contribution in [1.29, 1.82) is 0 Å². The number of aliphatic hydroxyl groups excluding tert-OH is 1. The van der Waals surface area contributed by atoms with E-state index in [0.29, 0.717) is 6.61 Å². The molecule has 0 aliphatic rings. The molecule has 20 heavy (non-hydrogen) atoms. The Morgan fingerprint density at radius 3 is 2.70 bits per heavy atom. The lowest BCUT2D eigenvalue weighted by Gasteiger charge is -2.08. The number of ether oxygens (including phenoxy) is 1. The van der Waals surface area contributed by atoms with Crippen LogP contribution in [0.3, 0.4) is 0 Å². The molecule has 0 unspecified atom stereocenters. The number of aliphatic hydroxyl groups is 1. The fourth-order valence-electron chi connectivity index (χ4n) is 1.96. The molecular formula is C16H18N2O2. The summed E-state index contributed by atoms with van der Waals surface area (Å²) >= 11 is 0. The molecule has 1 heterocycles. The van der Waals surface area contributed by atoms with Crippen molar-refractivity contribution >= 4 is 0 Å². The third-order valence-electron chi connectivity index (χ3n) is 2.99. The van der Waals surface area contributed by atoms with Crippen LogP contribution >= 0.6 is 0 Å². The predicted octanol–water partition coefficient (Wildman–Crippen LogP) is 1.96. The molecule has 0 fully saturated rings. The second-order valence-corrected chi connectivity index (χ2v) is 4.63. The first kappa shape index (κ1) is 14.2. The Morgan fingerprint density at radius 2 is 2.10 bits per heavy atom. The lowest BCUT2D eigenvalue weighted by molar-refractivity contribution is 0.294. The first-order chi connectivity index (χ1) is 9.60. The minimum Gasteiger partial charge on any atom is -0.487 e. The third kappa shape index (κ3) is 3.40. The molecule has 104 valence electrons. The first-order valence-electron chi connectivity index (χ1n) is 6.43. The van der Waals surface area contributed by atoms with E-state index < -0.39 is 0 Å². The van der Waals surface area contributed by atoms with Crippen molar-refractivity contribution in [1.82, 2.24) is 9.78 Å². The molecule has 0 saturated heterocycles. The van der Waals surface area contributed by atoms with E-state index in [-0.39, 0.29) is 6.61 Å². The van der Waals surface area contributed by atoms with Crippen molar-refractivity contribution in [2.45, 2.75) is 20.5 Å². The van der Waals surface area contributed by atoms with E-state index in [1.54, 1.807) is 0 Å². The summed E-state index contributed by atoms with van der Waals surface area (Å²) in [6, 6.07) is 7.75. The van der Waals surface area contributed by atoms with Crippen molar-refractivity contribution in [2.75, 3.05) is 6.61 Å². The van der Waals surface area contributed by atoms with Gasteiger partial charge < -0.3 is 9.84 Å². The van der Waals surface area contributed by atoms with Crippen LogP contribution in [0.1, 0.15) is 22.5 Å². The molecule has 1 aromatic carbocycles. The highest BCUT2D eigenvalue weighted by molar-refractivity contribution is 5.44. The molecule has 1 N–H and O–H groups in total. The zero-order valence-electron chi connectivity index (χ0n) is 12.0. The van der Waals surface area contributed by atoms with Crippen LogP contribution in [0, 0.1) is 25.7 Å². The Kier molecular flexibility index (Phi) is 4.44. The van der Waals surface area contributed by atoms with Crippen LogP contribution in [0.4, 0.5) is 0 Å². The summed E-state index contributed by atoms with van der Waals surface area (Å²) in [4.78, 5) is 0. The van der Waals surface area contributed by atoms with Crippen molar-refractivity contribution in [3.8, 4) is 17.6 Å². The maximum Gasteiger partial charge on any atom is 0.130 e. The first-order valence-corrected chi connectivity index (χ1v) is 6.43. The highest BCUT2D eigenvalue weighted by Crippen LogP contribution is 2.18. The molecule has 4 heteroatoms. The highest BCUT2D eigenvalue weighted by Gasteiger charge is 2.04. The number of benzene rings is 1. The summed E-state index contributed by atoms with van der Waals surface area (Å²) < 4.78 is 7.59. The zero-order chi connectivity index (χ0) is 14.5. The van der Waals surface area contributed by atoms with E-state index >= 15 is 0 Å². The molecule has 0 atom stereocenters. The van der Waals surface area contributed by atoms with Crippen molar-refractivity contribution in [2.24, 2.45) is 7.05 Å². The molecular weight excluding hydrogens is 252 g/mol. The van der Waals surface area contributed by atoms with Gasteiger partial charge in [0.2, 0.25) is 0 Å². The van der Waals surface area contributed by atoms with Crippen LogP contribution in [-0.2, 0) is 13.7 Å². The van der Waals surface area contributed by atoms with Gasteiger partial charge in [0.05, 0.1) is 11.4 Å². The van der Waals surface area contributed by atoms with Crippen LogP contribution in [0.2, 0.25) is 0 Å². The smallest absolute Gasteiger partial charge is 0.130 e. The summed E-state index contributed by atoms with van der Waals surface area (Å²) in [5.41, 5.74) is 3.95. The minimum absolute atomic E-state index is 0.127. The fraction of sp³-hybridized carbons (Fsp3) is 0.312. The normalized spacial score (nSPS) is 10.0. The fourth-order valence-corrected chi connectivity index (χ4v) is 1.96. The van der Waals surface area contributed by atoms with E-state index in [0.717, 1.165) is 28.3 Å². The van der Waals surface area contributed by atoms with Gasteiger partial charge >= 0.3 is 0 Å². The van der Waals surface area contributed by atoms with E-state index in [2.05, 4.69) is 16.9 Å². The Morgan fingerprint density at radius 1 is 1.30 bits per heavy atom. The van der Waals surface area contributed by atoms with Gasteiger partial charge in [-0.05, 0) is 43.7 Å². The number of hydrogen-bond donors (Lipinski definition) is 1. The number of rotatable bonds is 3. The van der Waals surface area contributed by atoms with E-state index in [9.17, 15) is 0 Å².